The van der Waals surface area contributed by atoms with Crippen LogP contribution in [0.2, 0.25) is 10.0 Å². The molecule has 0 saturated heterocycles. The molecule has 0 bridgehead atoms. The summed E-state index contributed by atoms with van der Waals surface area (Å²) < 4.78 is 135. The first-order valence-corrected chi connectivity index (χ1v) is 12.0. The molecule has 2 amide bonds. The molecule has 0 saturated carbocycles. The van der Waals surface area contributed by atoms with Crippen LogP contribution in [0.3, 0.4) is 0 Å². The van der Waals surface area contributed by atoms with Gasteiger partial charge in [-0.3, -0.25) is 9.59 Å². The average molecular weight is 641 g/mol. The lowest BCUT2D eigenvalue weighted by atomic mass is 9.94. The zero-order valence-electron chi connectivity index (χ0n) is 21.1. The van der Waals surface area contributed by atoms with E-state index in [1.165, 1.54) is 6.92 Å². The van der Waals surface area contributed by atoms with E-state index in [0.29, 0.717) is 12.1 Å². The van der Waals surface area contributed by atoms with E-state index >= 15 is 4.39 Å². The summed E-state index contributed by atoms with van der Waals surface area (Å²) in [5.74, 6) is -7.18. The van der Waals surface area contributed by atoms with Crippen LogP contribution in [0.1, 0.15) is 45.5 Å². The fourth-order valence-corrected chi connectivity index (χ4v) is 4.08. The predicted molar refractivity (Wildman–Crippen MR) is 131 cm³/mol. The van der Waals surface area contributed by atoms with E-state index < -0.39 is 76.9 Å². The molecule has 41 heavy (non-hydrogen) atoms. The normalized spacial score (nSPS) is 14.5. The van der Waals surface area contributed by atoms with Crippen LogP contribution in [0.5, 0.6) is 0 Å². The van der Waals surface area contributed by atoms with Crippen LogP contribution in [-0.2, 0) is 11.0 Å². The van der Waals surface area contributed by atoms with Crippen molar-refractivity contribution in [3.05, 3.63) is 74.3 Å². The van der Waals surface area contributed by atoms with E-state index in [0.717, 1.165) is 26.1 Å². The van der Waals surface area contributed by atoms with E-state index in [4.69, 9.17) is 23.2 Å². The number of hydrogen-bond acceptors (Lipinski definition) is 2. The van der Waals surface area contributed by atoms with Crippen LogP contribution in [0.15, 0.2) is 36.4 Å². The van der Waals surface area contributed by atoms with Crippen LogP contribution in [0.25, 0.3) is 5.83 Å². The number of nitrogens with one attached hydrogen (secondary N) is 1. The molecule has 2 rings (SSSR count). The number of allylic oxidation sites excluding steroid dienone is 1. The summed E-state index contributed by atoms with van der Waals surface area (Å²) in [4.78, 5) is 24.8. The Balaban J connectivity index is 2.47. The van der Waals surface area contributed by atoms with Crippen LogP contribution in [0, 0.1) is 6.92 Å². The van der Waals surface area contributed by atoms with Gasteiger partial charge in [0.15, 0.2) is 0 Å². The minimum Gasteiger partial charge on any atom is -0.341 e. The topological polar surface area (TPSA) is 49.4 Å². The van der Waals surface area contributed by atoms with E-state index in [1.54, 1.807) is 0 Å². The van der Waals surface area contributed by atoms with Crippen molar-refractivity contribution in [2.24, 2.45) is 0 Å². The van der Waals surface area contributed by atoms with Gasteiger partial charge < -0.3 is 10.2 Å². The maximum absolute atomic E-state index is 15.0. The number of amides is 2. The molecule has 0 aliphatic rings. The molecule has 2 atom stereocenters. The van der Waals surface area contributed by atoms with Gasteiger partial charge in [-0.1, -0.05) is 35.3 Å². The summed E-state index contributed by atoms with van der Waals surface area (Å²) >= 11 is 11.7. The Morgan fingerprint density at radius 1 is 1.00 bits per heavy atom. The zero-order valence-corrected chi connectivity index (χ0v) is 22.6. The van der Waals surface area contributed by atoms with Gasteiger partial charge >= 0.3 is 18.5 Å². The highest BCUT2D eigenvalue weighted by Crippen LogP contribution is 2.42. The third-order valence-corrected chi connectivity index (χ3v) is 6.51. The molecule has 226 valence electrons. The minimum absolute atomic E-state index is 0.0332. The van der Waals surface area contributed by atoms with Crippen LogP contribution in [-0.4, -0.2) is 48.7 Å². The smallest absolute Gasteiger partial charge is 0.341 e. The summed E-state index contributed by atoms with van der Waals surface area (Å²) in [7, 11) is 0.761. The second kappa shape index (κ2) is 12.5. The van der Waals surface area contributed by atoms with E-state index in [9.17, 15) is 49.1 Å². The van der Waals surface area contributed by atoms with E-state index in [1.807, 2.05) is 5.32 Å². The lowest BCUT2D eigenvalue weighted by Gasteiger charge is -2.23. The van der Waals surface area contributed by atoms with Gasteiger partial charge in [0.25, 0.3) is 5.91 Å². The maximum Gasteiger partial charge on any atom is 0.417 e. The van der Waals surface area contributed by atoms with Crippen molar-refractivity contribution in [2.75, 3.05) is 13.6 Å². The molecule has 16 heteroatoms. The number of benzene rings is 2. The van der Waals surface area contributed by atoms with Gasteiger partial charge in [-0.15, -0.1) is 0 Å². The third-order valence-electron chi connectivity index (χ3n) is 5.61. The van der Waals surface area contributed by atoms with E-state index in [2.05, 4.69) is 0 Å². The number of aryl methyl sites for hydroxylation is 1. The van der Waals surface area contributed by atoms with Crippen molar-refractivity contribution in [1.29, 1.82) is 0 Å². The minimum atomic E-state index is -5.33. The lowest BCUT2D eigenvalue weighted by molar-refractivity contribution is -0.159. The van der Waals surface area contributed by atoms with Crippen molar-refractivity contribution in [3.8, 4) is 0 Å². The summed E-state index contributed by atoms with van der Waals surface area (Å²) in [6.07, 6.45) is -15.2. The molecule has 0 radical (unpaired) electrons. The van der Waals surface area contributed by atoms with Gasteiger partial charge in [-0.2, -0.15) is 39.5 Å². The molecule has 2 aromatic carbocycles. The zero-order chi connectivity index (χ0) is 31.7. The number of likely N-dealkylation sites (N-methyl/N-ethyl adjacent to an activating group) is 1. The Kier molecular flexibility index (Phi) is 10.4. The van der Waals surface area contributed by atoms with Gasteiger partial charge in [0.2, 0.25) is 5.91 Å². The first-order chi connectivity index (χ1) is 18.5. The fraction of sp³-hybridized carbons (Fsp3) is 0.360. The molecule has 0 heterocycles. The number of rotatable bonds is 7. The molecular weight excluding hydrogens is 621 g/mol. The highest BCUT2D eigenvalue weighted by molar-refractivity contribution is 6.42. The Labute approximate surface area is 236 Å². The Morgan fingerprint density at radius 3 is 2.07 bits per heavy atom. The van der Waals surface area contributed by atoms with Crippen LogP contribution in [0.4, 0.5) is 43.9 Å². The first-order valence-electron chi connectivity index (χ1n) is 11.3. The molecule has 0 aliphatic heterocycles. The van der Waals surface area contributed by atoms with Crippen molar-refractivity contribution in [3.63, 3.8) is 0 Å². The molecule has 1 unspecified atom stereocenters. The lowest BCUT2D eigenvalue weighted by Crippen LogP contribution is -2.48. The maximum atomic E-state index is 15.0. The average Bonchev–Trinajstić information content (AvgIpc) is 2.82. The molecule has 2 aromatic rings. The molecule has 0 aliphatic carbocycles. The van der Waals surface area contributed by atoms with Crippen LogP contribution < -0.4 is 5.32 Å². The molecule has 0 spiro atoms. The SMILES string of the molecule is Cc1cc(C(/C=C(\F)c2ccc(C(=O)N[C@H](C)C(=O)N(C)CC(F)(F)F)c(C(F)(F)F)c2)C(F)(F)F)cc(Cl)c1Cl. The van der Waals surface area contributed by atoms with Gasteiger partial charge in [0.05, 0.1) is 21.2 Å². The number of nitrogens with zero attached hydrogens (tertiary/aromatic N) is 1. The predicted octanol–water partition coefficient (Wildman–Crippen LogP) is 8.12. The highest BCUT2D eigenvalue weighted by Gasteiger charge is 2.41. The monoisotopic (exact) mass is 640 g/mol. The number of halogens is 12. The summed E-state index contributed by atoms with van der Waals surface area (Å²) in [5.41, 5.74) is -4.30. The standard InChI is InChI=1S/C25H20Cl2F10N2O2/c1-11-6-14(8-18(26)20(11)27)16(24(32,33)34)9-19(28)13-4-5-15(17(7-13)25(35,36)37)21(40)38-12(2)22(41)39(3)10-23(29,30)31/h4-9,12,16H,10H2,1-3H3,(H,38,40)/b19-9-/t12-,16?/m1/s1. The molecule has 4 nitrogen and oxygen atoms in total. The van der Waals surface area contributed by atoms with Crippen LogP contribution >= 0.6 is 23.2 Å². The highest BCUT2D eigenvalue weighted by atomic mass is 35.5. The van der Waals surface area contributed by atoms with Gasteiger partial charge in [-0.05, 0) is 49.2 Å². The summed E-state index contributed by atoms with van der Waals surface area (Å²) in [6.45, 7) is 0.577. The van der Waals surface area contributed by atoms with Gasteiger partial charge in [-0.25, -0.2) is 4.39 Å². The number of carbonyl (C=O) groups excluding carboxylic acids is 2. The number of hydrogen-bond donors (Lipinski definition) is 1. The Hall–Kier alpha value is -3.00. The first kappa shape index (κ1) is 34.2. The second-order valence-electron chi connectivity index (χ2n) is 8.93. The number of alkyl halides is 9. The Morgan fingerprint density at radius 2 is 1.59 bits per heavy atom. The van der Waals surface area contributed by atoms with E-state index in [-0.39, 0.29) is 32.7 Å². The summed E-state index contributed by atoms with van der Waals surface area (Å²) in [6, 6.07) is 1.28. The number of carbonyl (C=O) groups is 2. The summed E-state index contributed by atoms with van der Waals surface area (Å²) in [5, 5.41) is 1.52. The van der Waals surface area contributed by atoms with Gasteiger partial charge in [0.1, 0.15) is 24.3 Å². The van der Waals surface area contributed by atoms with Gasteiger partial charge in [0, 0.05) is 12.6 Å². The van der Waals surface area contributed by atoms with Crippen molar-refractivity contribution in [2.45, 2.75) is 44.3 Å². The van der Waals surface area contributed by atoms with Crippen molar-refractivity contribution in [1.82, 2.24) is 10.2 Å². The second-order valence-corrected chi connectivity index (χ2v) is 9.72. The molecule has 0 aromatic heterocycles. The largest absolute Gasteiger partial charge is 0.417 e. The van der Waals surface area contributed by atoms with Crippen molar-refractivity contribution < 1.29 is 53.5 Å². The molecular formula is C25H20Cl2F10N2O2. The third kappa shape index (κ3) is 8.99. The molecule has 1 N–H and O–H groups in total. The Bertz CT molecular complexity index is 1310. The van der Waals surface area contributed by atoms with Crippen molar-refractivity contribution >= 4 is 40.8 Å². The molecule has 0 fully saturated rings. The fourth-order valence-electron chi connectivity index (χ4n) is 3.69. The quantitative estimate of drug-likeness (QED) is 0.311.